The number of nitrogens with zero attached hydrogens (tertiary/aromatic N) is 1. The first kappa shape index (κ1) is 12.0. The summed E-state index contributed by atoms with van der Waals surface area (Å²) in [5.41, 5.74) is 0. The molecule has 1 heterocycles. The van der Waals surface area contributed by atoms with Crippen LogP contribution in [0.5, 0.6) is 0 Å². The van der Waals surface area contributed by atoms with Gasteiger partial charge in [0.1, 0.15) is 6.04 Å². The van der Waals surface area contributed by atoms with Gasteiger partial charge in [-0.3, -0.25) is 10.1 Å². The fraction of sp³-hybridized carbons (Fsp3) is 0.800. The Morgan fingerprint density at radius 3 is 2.67 bits per heavy atom. The third kappa shape index (κ3) is 2.68. The summed E-state index contributed by atoms with van der Waals surface area (Å²) in [4.78, 5) is 23.9. The number of rotatable bonds is 4. The van der Waals surface area contributed by atoms with Gasteiger partial charge in [-0.1, -0.05) is 13.8 Å². The maximum atomic E-state index is 11.8. The molecule has 1 aliphatic heterocycles. The highest BCUT2D eigenvalue weighted by molar-refractivity contribution is 5.88. The van der Waals surface area contributed by atoms with Crippen LogP contribution in [0.15, 0.2) is 0 Å². The van der Waals surface area contributed by atoms with Crippen molar-refractivity contribution in [3.05, 3.63) is 0 Å². The van der Waals surface area contributed by atoms with Crippen molar-refractivity contribution in [3.8, 4) is 0 Å². The fourth-order valence-corrected chi connectivity index (χ4v) is 1.69. The third-order valence-electron chi connectivity index (χ3n) is 2.62. The van der Waals surface area contributed by atoms with Gasteiger partial charge in [0, 0.05) is 0 Å². The minimum atomic E-state index is -0.963. The van der Waals surface area contributed by atoms with Gasteiger partial charge in [0.05, 0.1) is 12.7 Å². The Kier molecular flexibility index (Phi) is 3.68. The summed E-state index contributed by atoms with van der Waals surface area (Å²) in [7, 11) is 0. The number of carboxylic acids is 1. The smallest absolute Gasteiger partial charge is 0.326 e. The van der Waals surface area contributed by atoms with Crippen molar-refractivity contribution in [2.45, 2.75) is 39.3 Å². The van der Waals surface area contributed by atoms with Gasteiger partial charge in [-0.05, 0) is 19.3 Å². The molecule has 0 bridgehead atoms. The highest BCUT2D eigenvalue weighted by Gasteiger charge is 2.36. The number of amides is 1. The fourth-order valence-electron chi connectivity index (χ4n) is 1.69. The molecule has 1 amide bonds. The van der Waals surface area contributed by atoms with Crippen molar-refractivity contribution in [3.63, 3.8) is 0 Å². The average molecular weight is 214 g/mol. The first-order chi connectivity index (χ1) is 6.93. The molecule has 1 rings (SSSR count). The van der Waals surface area contributed by atoms with Gasteiger partial charge in [0.2, 0.25) is 5.91 Å². The van der Waals surface area contributed by atoms with Crippen LogP contribution >= 0.6 is 0 Å². The molecule has 0 aromatic heterocycles. The molecule has 1 aliphatic rings. The molecule has 0 aliphatic carbocycles. The largest absolute Gasteiger partial charge is 0.480 e. The highest BCUT2D eigenvalue weighted by Crippen LogP contribution is 2.14. The zero-order valence-corrected chi connectivity index (χ0v) is 9.36. The van der Waals surface area contributed by atoms with Crippen LogP contribution in [-0.4, -0.2) is 40.6 Å². The van der Waals surface area contributed by atoms with Crippen molar-refractivity contribution in [1.82, 2.24) is 10.2 Å². The van der Waals surface area contributed by atoms with Crippen LogP contribution < -0.4 is 5.32 Å². The molecule has 15 heavy (non-hydrogen) atoms. The zero-order valence-electron chi connectivity index (χ0n) is 9.36. The number of carbonyl (C=O) groups is 2. The number of hydrogen-bond acceptors (Lipinski definition) is 3. The molecule has 5 heteroatoms. The van der Waals surface area contributed by atoms with E-state index in [0.29, 0.717) is 12.6 Å². The summed E-state index contributed by atoms with van der Waals surface area (Å²) in [5, 5.41) is 11.8. The molecule has 5 nitrogen and oxygen atoms in total. The van der Waals surface area contributed by atoms with E-state index in [1.54, 1.807) is 0 Å². The number of carbonyl (C=O) groups excluding carboxylic acids is 1. The van der Waals surface area contributed by atoms with Crippen molar-refractivity contribution in [2.75, 3.05) is 6.67 Å². The number of nitrogens with one attached hydrogen (secondary N) is 1. The van der Waals surface area contributed by atoms with Crippen LogP contribution in [0.2, 0.25) is 0 Å². The first-order valence-electron chi connectivity index (χ1n) is 5.20. The van der Waals surface area contributed by atoms with Crippen LogP contribution in [0.4, 0.5) is 0 Å². The summed E-state index contributed by atoms with van der Waals surface area (Å²) in [6.45, 7) is 5.94. The van der Waals surface area contributed by atoms with E-state index in [4.69, 9.17) is 5.11 Å². The van der Waals surface area contributed by atoms with Crippen molar-refractivity contribution in [1.29, 1.82) is 0 Å². The lowest BCUT2D eigenvalue weighted by molar-refractivity contribution is -0.147. The Bertz CT molecular complexity index is 265. The van der Waals surface area contributed by atoms with E-state index < -0.39 is 12.0 Å². The molecule has 1 fully saturated rings. The zero-order chi connectivity index (χ0) is 11.6. The standard InChI is InChI=1S/C10H18N2O3/c1-6(2)4-8-9(13)12(5-11-8)7(3)10(14)15/h6-8,11H,4-5H2,1-3H3,(H,14,15)/t7?,8-/m0/s1. The number of aliphatic carboxylic acids is 1. The van der Waals surface area contributed by atoms with Gasteiger partial charge >= 0.3 is 5.97 Å². The molecule has 0 spiro atoms. The first-order valence-corrected chi connectivity index (χ1v) is 5.20. The summed E-state index contributed by atoms with van der Waals surface area (Å²) < 4.78 is 0. The van der Waals surface area contributed by atoms with Crippen LogP contribution in [0.25, 0.3) is 0 Å². The minimum absolute atomic E-state index is 0.0985. The second-order valence-corrected chi connectivity index (χ2v) is 4.37. The summed E-state index contributed by atoms with van der Waals surface area (Å²) in [6, 6.07) is -0.964. The predicted molar refractivity (Wildman–Crippen MR) is 55.2 cm³/mol. The van der Waals surface area contributed by atoms with Gasteiger partial charge in [-0.25, -0.2) is 4.79 Å². The maximum Gasteiger partial charge on any atom is 0.326 e. The molecule has 0 radical (unpaired) electrons. The molecule has 2 atom stereocenters. The third-order valence-corrected chi connectivity index (χ3v) is 2.62. The quantitative estimate of drug-likeness (QED) is 0.704. The van der Waals surface area contributed by atoms with E-state index in [-0.39, 0.29) is 11.9 Å². The van der Waals surface area contributed by atoms with E-state index in [0.717, 1.165) is 6.42 Å². The molecule has 1 saturated heterocycles. The van der Waals surface area contributed by atoms with Crippen molar-refractivity contribution < 1.29 is 14.7 Å². The van der Waals surface area contributed by atoms with E-state index in [2.05, 4.69) is 5.32 Å². The minimum Gasteiger partial charge on any atom is -0.480 e. The van der Waals surface area contributed by atoms with Crippen molar-refractivity contribution in [2.24, 2.45) is 5.92 Å². The van der Waals surface area contributed by atoms with Gasteiger partial charge < -0.3 is 10.0 Å². The molecular weight excluding hydrogens is 196 g/mol. The maximum absolute atomic E-state index is 11.8. The van der Waals surface area contributed by atoms with Gasteiger partial charge in [0.25, 0.3) is 0 Å². The Balaban J connectivity index is 2.60. The van der Waals surface area contributed by atoms with Crippen LogP contribution in [0.3, 0.4) is 0 Å². The molecule has 0 aromatic rings. The van der Waals surface area contributed by atoms with E-state index in [1.165, 1.54) is 11.8 Å². The number of hydrogen-bond donors (Lipinski definition) is 2. The molecule has 0 aromatic carbocycles. The normalized spacial score (nSPS) is 23.6. The Hall–Kier alpha value is -1.10. The summed E-state index contributed by atoms with van der Waals surface area (Å²) in [5.74, 6) is -0.638. The molecule has 86 valence electrons. The Morgan fingerprint density at radius 2 is 2.20 bits per heavy atom. The van der Waals surface area contributed by atoms with E-state index >= 15 is 0 Å². The second-order valence-electron chi connectivity index (χ2n) is 4.37. The Labute approximate surface area is 89.4 Å². The molecular formula is C10H18N2O3. The van der Waals surface area contributed by atoms with Gasteiger partial charge in [-0.2, -0.15) is 0 Å². The number of carboxylic acid groups (broad SMARTS) is 1. The summed E-state index contributed by atoms with van der Waals surface area (Å²) in [6.07, 6.45) is 0.752. The van der Waals surface area contributed by atoms with Gasteiger partial charge in [0.15, 0.2) is 0 Å². The van der Waals surface area contributed by atoms with Crippen LogP contribution in [0.1, 0.15) is 27.2 Å². The summed E-state index contributed by atoms with van der Waals surface area (Å²) >= 11 is 0. The van der Waals surface area contributed by atoms with Gasteiger partial charge in [-0.15, -0.1) is 0 Å². The highest BCUT2D eigenvalue weighted by atomic mass is 16.4. The molecule has 2 N–H and O–H groups in total. The monoisotopic (exact) mass is 214 g/mol. The van der Waals surface area contributed by atoms with Crippen LogP contribution in [0, 0.1) is 5.92 Å². The molecule has 1 unspecified atom stereocenters. The van der Waals surface area contributed by atoms with Crippen LogP contribution in [-0.2, 0) is 9.59 Å². The predicted octanol–water partition coefficient (Wildman–Crippen LogP) is 0.263. The second kappa shape index (κ2) is 4.61. The molecule has 0 saturated carbocycles. The Morgan fingerprint density at radius 1 is 1.60 bits per heavy atom. The lowest BCUT2D eigenvalue weighted by Crippen LogP contribution is -2.41. The average Bonchev–Trinajstić information content (AvgIpc) is 2.46. The topological polar surface area (TPSA) is 69.6 Å². The lowest BCUT2D eigenvalue weighted by Gasteiger charge is -2.20. The van der Waals surface area contributed by atoms with E-state index in [9.17, 15) is 9.59 Å². The van der Waals surface area contributed by atoms with E-state index in [1.807, 2.05) is 13.8 Å². The van der Waals surface area contributed by atoms with Crippen molar-refractivity contribution >= 4 is 11.9 Å². The lowest BCUT2D eigenvalue weighted by atomic mass is 10.0. The SMILES string of the molecule is CC(C)C[C@@H]1NCN(C(C)C(=O)O)C1=O.